The van der Waals surface area contributed by atoms with Crippen molar-refractivity contribution in [3.63, 3.8) is 0 Å². The quantitative estimate of drug-likeness (QED) is 0.848. The van der Waals surface area contributed by atoms with Crippen molar-refractivity contribution in [1.29, 1.82) is 0 Å². The van der Waals surface area contributed by atoms with Crippen LogP contribution in [0.3, 0.4) is 0 Å². The lowest BCUT2D eigenvalue weighted by Crippen LogP contribution is -2.30. The van der Waals surface area contributed by atoms with E-state index in [0.717, 1.165) is 86.7 Å². The van der Waals surface area contributed by atoms with Crippen LogP contribution < -0.4 is 5.56 Å². The van der Waals surface area contributed by atoms with Gasteiger partial charge in [0.1, 0.15) is 5.82 Å². The van der Waals surface area contributed by atoms with Crippen molar-refractivity contribution in [2.75, 3.05) is 19.6 Å². The Morgan fingerprint density at radius 3 is 2.70 bits per heavy atom. The molecule has 2 heterocycles. The van der Waals surface area contributed by atoms with Gasteiger partial charge in [0.05, 0.1) is 5.69 Å². The summed E-state index contributed by atoms with van der Waals surface area (Å²) in [6, 6.07) is 8.11. The van der Waals surface area contributed by atoms with E-state index >= 15 is 0 Å². The standard InChI is InChI=1S/C22H26ClN3O/c23-18-9-7-16(8-10-18)17-11-14-26(15-12-17)13-3-6-21-24-20-5-2-1-4-19(20)22(27)25-21/h7-11H,1-6,12-15H2,(H,24,25,27). The Labute approximate surface area is 165 Å². The number of H-pyrrole nitrogens is 1. The van der Waals surface area contributed by atoms with Crippen molar-refractivity contribution in [2.24, 2.45) is 0 Å². The first kappa shape index (κ1) is 18.5. The molecule has 27 heavy (non-hydrogen) atoms. The van der Waals surface area contributed by atoms with Gasteiger partial charge in [-0.25, -0.2) is 4.98 Å². The lowest BCUT2D eigenvalue weighted by atomic mass is 9.97. The molecular weight excluding hydrogens is 358 g/mol. The minimum atomic E-state index is 0.0863. The Bertz CT molecular complexity index is 885. The van der Waals surface area contributed by atoms with Gasteiger partial charge >= 0.3 is 0 Å². The molecule has 1 N–H and O–H groups in total. The van der Waals surface area contributed by atoms with Crippen molar-refractivity contribution >= 4 is 17.2 Å². The minimum absolute atomic E-state index is 0.0863. The Morgan fingerprint density at radius 2 is 1.93 bits per heavy atom. The van der Waals surface area contributed by atoms with Crippen molar-refractivity contribution in [3.05, 3.63) is 68.4 Å². The smallest absolute Gasteiger partial charge is 0.254 e. The van der Waals surface area contributed by atoms with Gasteiger partial charge in [-0.2, -0.15) is 0 Å². The number of aromatic nitrogens is 2. The van der Waals surface area contributed by atoms with Crippen molar-refractivity contribution in [3.8, 4) is 0 Å². The van der Waals surface area contributed by atoms with E-state index in [9.17, 15) is 4.79 Å². The fourth-order valence-electron chi connectivity index (χ4n) is 4.08. The van der Waals surface area contributed by atoms with Crippen LogP contribution in [-0.4, -0.2) is 34.5 Å². The maximum atomic E-state index is 12.2. The Balaban J connectivity index is 1.30. The molecule has 1 aromatic heterocycles. The molecule has 1 aliphatic heterocycles. The van der Waals surface area contributed by atoms with Gasteiger partial charge in [0.2, 0.25) is 0 Å². The molecule has 2 aliphatic rings. The van der Waals surface area contributed by atoms with Gasteiger partial charge in [0.25, 0.3) is 5.56 Å². The second-order valence-electron chi connectivity index (χ2n) is 7.54. The normalized spacial score (nSPS) is 17.4. The number of fused-ring (bicyclic) bond motifs is 1. The third-order valence-corrected chi connectivity index (χ3v) is 5.89. The number of aromatic amines is 1. The molecule has 0 bridgehead atoms. The third-order valence-electron chi connectivity index (χ3n) is 5.64. The van der Waals surface area contributed by atoms with Crippen molar-refractivity contribution in [2.45, 2.75) is 44.9 Å². The number of halogens is 1. The molecule has 4 rings (SSSR count). The molecule has 0 saturated heterocycles. The number of aryl methyl sites for hydroxylation is 2. The highest BCUT2D eigenvalue weighted by Crippen LogP contribution is 2.24. The monoisotopic (exact) mass is 383 g/mol. The number of hydrogen-bond donors (Lipinski definition) is 1. The summed E-state index contributed by atoms with van der Waals surface area (Å²) in [5, 5.41) is 0.783. The summed E-state index contributed by atoms with van der Waals surface area (Å²) in [5.74, 6) is 0.857. The second kappa shape index (κ2) is 8.41. The maximum Gasteiger partial charge on any atom is 0.254 e. The highest BCUT2D eigenvalue weighted by atomic mass is 35.5. The van der Waals surface area contributed by atoms with Crippen molar-refractivity contribution < 1.29 is 0 Å². The summed E-state index contributed by atoms with van der Waals surface area (Å²) in [6.07, 6.45) is 9.35. The number of benzene rings is 1. The number of nitrogens with one attached hydrogen (secondary N) is 1. The number of hydrogen-bond acceptors (Lipinski definition) is 3. The van der Waals surface area contributed by atoms with E-state index in [0.29, 0.717) is 0 Å². The summed E-state index contributed by atoms with van der Waals surface area (Å²) in [7, 11) is 0. The van der Waals surface area contributed by atoms with Crippen LogP contribution in [0.25, 0.3) is 5.57 Å². The molecule has 0 saturated carbocycles. The van der Waals surface area contributed by atoms with Crippen LogP contribution in [-0.2, 0) is 19.3 Å². The summed E-state index contributed by atoms with van der Waals surface area (Å²) in [4.78, 5) is 22.4. The first-order valence-corrected chi connectivity index (χ1v) is 10.3. The number of nitrogens with zero attached hydrogens (tertiary/aromatic N) is 2. The Kier molecular flexibility index (Phi) is 5.74. The molecule has 0 spiro atoms. The molecule has 0 fully saturated rings. The van der Waals surface area contributed by atoms with Crippen LogP contribution in [0.15, 0.2) is 35.1 Å². The summed E-state index contributed by atoms with van der Waals surface area (Å²) in [5.41, 5.74) is 4.72. The van der Waals surface area contributed by atoms with E-state index in [1.807, 2.05) is 12.1 Å². The van der Waals surface area contributed by atoms with E-state index in [-0.39, 0.29) is 5.56 Å². The molecule has 1 aliphatic carbocycles. The molecule has 0 unspecified atom stereocenters. The summed E-state index contributed by atoms with van der Waals surface area (Å²) >= 11 is 5.98. The molecule has 5 heteroatoms. The van der Waals surface area contributed by atoms with E-state index < -0.39 is 0 Å². The molecule has 0 atom stereocenters. The fourth-order valence-corrected chi connectivity index (χ4v) is 4.21. The number of rotatable bonds is 5. The average Bonchev–Trinajstić information content (AvgIpc) is 2.69. The zero-order valence-corrected chi connectivity index (χ0v) is 16.4. The van der Waals surface area contributed by atoms with Gasteiger partial charge in [-0.3, -0.25) is 9.69 Å². The van der Waals surface area contributed by atoms with Gasteiger partial charge in [-0.1, -0.05) is 29.8 Å². The van der Waals surface area contributed by atoms with Crippen LogP contribution in [0.4, 0.5) is 0 Å². The Morgan fingerprint density at radius 1 is 1.11 bits per heavy atom. The summed E-state index contributed by atoms with van der Waals surface area (Å²) < 4.78 is 0. The third kappa shape index (κ3) is 4.50. The first-order valence-electron chi connectivity index (χ1n) is 9.97. The minimum Gasteiger partial charge on any atom is -0.310 e. The molecule has 4 nitrogen and oxygen atoms in total. The van der Waals surface area contributed by atoms with E-state index in [2.05, 4.69) is 28.1 Å². The SMILES string of the molecule is O=c1[nH]c(CCCN2CC=C(c3ccc(Cl)cc3)CC2)nc2c1CCCC2. The molecule has 0 radical (unpaired) electrons. The second-order valence-corrected chi connectivity index (χ2v) is 7.97. The Hall–Kier alpha value is -1.91. The van der Waals surface area contributed by atoms with Gasteiger partial charge in [-0.05, 0) is 68.3 Å². The van der Waals surface area contributed by atoms with Crippen LogP contribution in [0.1, 0.15) is 48.3 Å². The molecule has 142 valence electrons. The van der Waals surface area contributed by atoms with Gasteiger partial charge in [-0.15, -0.1) is 0 Å². The highest BCUT2D eigenvalue weighted by molar-refractivity contribution is 6.30. The lowest BCUT2D eigenvalue weighted by Gasteiger charge is -2.26. The molecule has 1 aromatic carbocycles. The predicted octanol–water partition coefficient (Wildman–Crippen LogP) is 4.02. The highest BCUT2D eigenvalue weighted by Gasteiger charge is 2.16. The van der Waals surface area contributed by atoms with Crippen LogP contribution >= 0.6 is 11.6 Å². The lowest BCUT2D eigenvalue weighted by molar-refractivity contribution is 0.297. The van der Waals surface area contributed by atoms with Crippen LogP contribution in [0.2, 0.25) is 5.02 Å². The molecular formula is C22H26ClN3O. The van der Waals surface area contributed by atoms with Gasteiger partial charge < -0.3 is 4.98 Å². The summed E-state index contributed by atoms with van der Waals surface area (Å²) in [6.45, 7) is 3.08. The van der Waals surface area contributed by atoms with Crippen LogP contribution in [0, 0.1) is 0 Å². The van der Waals surface area contributed by atoms with Gasteiger partial charge in [0, 0.05) is 30.1 Å². The maximum absolute atomic E-state index is 12.2. The largest absolute Gasteiger partial charge is 0.310 e. The van der Waals surface area contributed by atoms with Crippen molar-refractivity contribution in [1.82, 2.24) is 14.9 Å². The van der Waals surface area contributed by atoms with E-state index in [1.165, 1.54) is 11.1 Å². The average molecular weight is 384 g/mol. The topological polar surface area (TPSA) is 49.0 Å². The molecule has 2 aromatic rings. The molecule has 0 amide bonds. The van der Waals surface area contributed by atoms with E-state index in [1.54, 1.807) is 0 Å². The van der Waals surface area contributed by atoms with Crippen LogP contribution in [0.5, 0.6) is 0 Å². The first-order chi connectivity index (χ1) is 13.2. The van der Waals surface area contributed by atoms with Gasteiger partial charge in [0.15, 0.2) is 0 Å². The fraction of sp³-hybridized carbons (Fsp3) is 0.455. The zero-order valence-electron chi connectivity index (χ0n) is 15.6. The van der Waals surface area contributed by atoms with E-state index in [4.69, 9.17) is 16.6 Å². The zero-order chi connectivity index (χ0) is 18.6. The predicted molar refractivity (Wildman–Crippen MR) is 110 cm³/mol.